The number of fused-ring (bicyclic) bond motifs is 2. The summed E-state index contributed by atoms with van der Waals surface area (Å²) in [5, 5.41) is 20.3. The first kappa shape index (κ1) is 19.7. The molecule has 0 radical (unpaired) electrons. The zero-order valence-corrected chi connectivity index (χ0v) is 17.1. The first-order valence-corrected chi connectivity index (χ1v) is 10.2. The van der Waals surface area contributed by atoms with Gasteiger partial charge >= 0.3 is 5.97 Å². The number of pyridine rings is 1. The van der Waals surface area contributed by atoms with Crippen molar-refractivity contribution in [3.05, 3.63) is 91.3 Å². The van der Waals surface area contributed by atoms with Crippen molar-refractivity contribution in [2.24, 2.45) is 0 Å². The fourth-order valence-corrected chi connectivity index (χ4v) is 4.80. The van der Waals surface area contributed by atoms with Crippen molar-refractivity contribution in [1.82, 2.24) is 4.68 Å². The standard InChI is InChI=1S/C20H14Cl2N2O4S/c21-13-7-12-16(8-14(13)22)29-9-10-3-1-2-4-11(10)17(12)23-24-6-5-15(25)19(26)18(24)20(27)28/h1-8,17,23,26H,9H2,(H,27,28). The maximum Gasteiger partial charge on any atom is 0.358 e. The molecule has 0 spiro atoms. The van der Waals surface area contributed by atoms with Crippen LogP contribution in [0.15, 0.2) is 58.4 Å². The molecular formula is C20H14Cl2N2O4S. The largest absolute Gasteiger partial charge is 0.502 e. The zero-order valence-electron chi connectivity index (χ0n) is 14.7. The summed E-state index contributed by atoms with van der Waals surface area (Å²) in [6.07, 6.45) is 1.28. The van der Waals surface area contributed by atoms with Crippen molar-refractivity contribution in [2.45, 2.75) is 16.7 Å². The Bertz CT molecular complexity index is 1200. The summed E-state index contributed by atoms with van der Waals surface area (Å²) in [5.74, 6) is -1.57. The maximum absolute atomic E-state index is 11.7. The fraction of sp³-hybridized carbons (Fsp3) is 0.100. The third-order valence-electron chi connectivity index (χ3n) is 4.66. The van der Waals surface area contributed by atoms with Crippen molar-refractivity contribution in [3.8, 4) is 5.75 Å². The minimum atomic E-state index is -1.43. The van der Waals surface area contributed by atoms with E-state index in [0.717, 1.165) is 32.3 Å². The third kappa shape index (κ3) is 3.57. The number of nitrogens with zero attached hydrogens (tertiary/aromatic N) is 1. The van der Waals surface area contributed by atoms with Crippen LogP contribution >= 0.6 is 35.0 Å². The Hall–Kier alpha value is -2.61. The lowest BCUT2D eigenvalue weighted by atomic mass is 9.95. The SMILES string of the molecule is O=C(O)c1c(O)c(=O)ccn1NC1c2ccccc2CSc2cc(Cl)c(Cl)cc21. The Morgan fingerprint density at radius 3 is 2.62 bits per heavy atom. The van der Waals surface area contributed by atoms with Gasteiger partial charge in [0.2, 0.25) is 5.43 Å². The molecule has 0 saturated carbocycles. The van der Waals surface area contributed by atoms with Gasteiger partial charge in [-0.1, -0.05) is 47.5 Å². The smallest absolute Gasteiger partial charge is 0.358 e. The third-order valence-corrected chi connectivity index (χ3v) is 6.50. The van der Waals surface area contributed by atoms with Gasteiger partial charge in [0.15, 0.2) is 11.4 Å². The number of hydrogen-bond acceptors (Lipinski definition) is 5. The van der Waals surface area contributed by atoms with Crippen molar-refractivity contribution >= 4 is 40.9 Å². The Morgan fingerprint density at radius 1 is 1.14 bits per heavy atom. The highest BCUT2D eigenvalue weighted by Crippen LogP contribution is 2.43. The van der Waals surface area contributed by atoms with Crippen LogP contribution in [0.25, 0.3) is 0 Å². The van der Waals surface area contributed by atoms with Gasteiger partial charge in [0.1, 0.15) is 0 Å². The van der Waals surface area contributed by atoms with Gasteiger partial charge in [-0.05, 0) is 28.8 Å². The van der Waals surface area contributed by atoms with Crippen LogP contribution in [0.4, 0.5) is 0 Å². The highest BCUT2D eigenvalue weighted by Gasteiger charge is 2.27. The summed E-state index contributed by atoms with van der Waals surface area (Å²) >= 11 is 14.1. The van der Waals surface area contributed by atoms with Gasteiger partial charge in [-0.25, -0.2) is 4.79 Å². The van der Waals surface area contributed by atoms with Crippen LogP contribution in [-0.4, -0.2) is 20.9 Å². The van der Waals surface area contributed by atoms with Crippen molar-refractivity contribution < 1.29 is 15.0 Å². The van der Waals surface area contributed by atoms with E-state index in [-0.39, 0.29) is 0 Å². The molecule has 0 fully saturated rings. The molecular weight excluding hydrogens is 435 g/mol. The van der Waals surface area contributed by atoms with Crippen molar-refractivity contribution in [1.29, 1.82) is 0 Å². The number of carbonyl (C=O) groups is 1. The Balaban J connectivity index is 1.92. The van der Waals surface area contributed by atoms with E-state index >= 15 is 0 Å². The molecule has 148 valence electrons. The van der Waals surface area contributed by atoms with Gasteiger partial charge in [0, 0.05) is 22.9 Å². The first-order valence-electron chi connectivity index (χ1n) is 8.51. The van der Waals surface area contributed by atoms with Gasteiger partial charge in [-0.15, -0.1) is 11.8 Å². The van der Waals surface area contributed by atoms with E-state index in [1.165, 1.54) is 6.20 Å². The molecule has 0 aliphatic carbocycles. The minimum Gasteiger partial charge on any atom is -0.502 e. The molecule has 9 heteroatoms. The summed E-state index contributed by atoms with van der Waals surface area (Å²) in [7, 11) is 0. The number of hydrogen-bond donors (Lipinski definition) is 3. The molecule has 1 aromatic heterocycles. The molecule has 2 aromatic carbocycles. The van der Waals surface area contributed by atoms with Gasteiger partial charge in [-0.3, -0.25) is 9.47 Å². The zero-order chi connectivity index (χ0) is 20.7. The molecule has 3 N–H and O–H groups in total. The number of thioether (sulfide) groups is 1. The highest BCUT2D eigenvalue weighted by atomic mass is 35.5. The second-order valence-corrected chi connectivity index (χ2v) is 8.24. The second kappa shape index (κ2) is 7.67. The fourth-order valence-electron chi connectivity index (χ4n) is 3.28. The number of benzene rings is 2. The van der Waals surface area contributed by atoms with Crippen LogP contribution in [0.5, 0.6) is 5.75 Å². The molecule has 0 amide bonds. The van der Waals surface area contributed by atoms with Crippen LogP contribution in [0, 0.1) is 0 Å². The monoisotopic (exact) mass is 448 g/mol. The predicted octanol–water partition coefficient (Wildman–Crippen LogP) is 4.50. The number of halogens is 2. The lowest BCUT2D eigenvalue weighted by Gasteiger charge is -2.25. The quantitative estimate of drug-likeness (QED) is 0.546. The molecule has 1 aliphatic rings. The molecule has 0 bridgehead atoms. The molecule has 3 aromatic rings. The summed E-state index contributed by atoms with van der Waals surface area (Å²) in [6, 6.07) is 11.9. The van der Waals surface area contributed by atoms with Gasteiger partial charge in [0.05, 0.1) is 16.1 Å². The average Bonchev–Trinajstić information content (AvgIpc) is 2.83. The molecule has 0 saturated heterocycles. The molecule has 6 nitrogen and oxygen atoms in total. The van der Waals surface area contributed by atoms with E-state index in [0.29, 0.717) is 15.8 Å². The van der Waals surface area contributed by atoms with Crippen molar-refractivity contribution in [2.75, 3.05) is 5.43 Å². The molecule has 2 heterocycles. The van der Waals surface area contributed by atoms with Crippen molar-refractivity contribution in [3.63, 3.8) is 0 Å². The molecule has 1 aliphatic heterocycles. The highest BCUT2D eigenvalue weighted by molar-refractivity contribution is 7.98. The Morgan fingerprint density at radius 2 is 1.86 bits per heavy atom. The van der Waals surface area contributed by atoms with Crippen LogP contribution in [0.1, 0.15) is 33.2 Å². The molecule has 1 unspecified atom stereocenters. The molecule has 29 heavy (non-hydrogen) atoms. The maximum atomic E-state index is 11.7. The van der Waals surface area contributed by atoms with E-state index in [4.69, 9.17) is 23.2 Å². The lowest BCUT2D eigenvalue weighted by molar-refractivity contribution is 0.0681. The van der Waals surface area contributed by atoms with Crippen LogP contribution in [-0.2, 0) is 5.75 Å². The van der Waals surface area contributed by atoms with E-state index in [2.05, 4.69) is 5.43 Å². The molecule has 4 rings (SSSR count). The number of aromatic hydroxyl groups is 1. The topological polar surface area (TPSA) is 91.6 Å². The summed E-state index contributed by atoms with van der Waals surface area (Å²) in [6.45, 7) is 0. The number of nitrogens with one attached hydrogen (secondary N) is 1. The van der Waals surface area contributed by atoms with Crippen LogP contribution in [0.3, 0.4) is 0 Å². The van der Waals surface area contributed by atoms with Gasteiger partial charge in [0.25, 0.3) is 0 Å². The van der Waals surface area contributed by atoms with Gasteiger partial charge in [-0.2, -0.15) is 0 Å². The number of carboxylic acids is 1. The number of carboxylic acid groups (broad SMARTS) is 1. The Kier molecular flexibility index (Phi) is 5.21. The summed E-state index contributed by atoms with van der Waals surface area (Å²) in [5.41, 5.74) is 4.59. The number of aromatic nitrogens is 1. The normalized spacial score (nSPS) is 15.2. The van der Waals surface area contributed by atoms with E-state index in [1.54, 1.807) is 23.9 Å². The predicted molar refractivity (Wildman–Crippen MR) is 113 cm³/mol. The lowest BCUT2D eigenvalue weighted by Crippen LogP contribution is -2.28. The van der Waals surface area contributed by atoms with Gasteiger partial charge < -0.3 is 15.6 Å². The minimum absolute atomic E-state index is 0.374. The summed E-state index contributed by atoms with van der Waals surface area (Å²) < 4.78 is 1.14. The van der Waals surface area contributed by atoms with Crippen LogP contribution in [0.2, 0.25) is 10.0 Å². The number of rotatable bonds is 3. The Labute approximate surface area is 179 Å². The average molecular weight is 449 g/mol. The van der Waals surface area contributed by atoms with E-state index in [9.17, 15) is 19.8 Å². The first-order chi connectivity index (χ1) is 13.9. The second-order valence-electron chi connectivity index (χ2n) is 6.41. The summed E-state index contributed by atoms with van der Waals surface area (Å²) in [4.78, 5) is 24.3. The van der Waals surface area contributed by atoms with Crippen LogP contribution < -0.4 is 10.9 Å². The van der Waals surface area contributed by atoms with E-state index in [1.807, 2.05) is 24.3 Å². The molecule has 1 atom stereocenters. The number of aromatic carboxylic acids is 1. The van der Waals surface area contributed by atoms with E-state index < -0.39 is 28.9 Å².